The zero-order chi connectivity index (χ0) is 23.8. The van der Waals surface area contributed by atoms with Gasteiger partial charge < -0.3 is 38.1 Å². The van der Waals surface area contributed by atoms with E-state index in [1.165, 1.54) is 12.8 Å². The third-order valence-electron chi connectivity index (χ3n) is 7.49. The van der Waals surface area contributed by atoms with Gasteiger partial charge in [0.1, 0.15) is 0 Å². The first-order valence-corrected chi connectivity index (χ1v) is 12.6. The first-order chi connectivity index (χ1) is 15.6. The highest BCUT2D eigenvalue weighted by molar-refractivity contribution is 5.47. The molecule has 0 amide bonds. The van der Waals surface area contributed by atoms with Crippen molar-refractivity contribution in [1.82, 2.24) is 15.0 Å². The van der Waals surface area contributed by atoms with Crippen molar-refractivity contribution in [2.75, 3.05) is 41.3 Å². The van der Waals surface area contributed by atoms with Crippen LogP contribution in [0.5, 0.6) is 0 Å². The van der Waals surface area contributed by atoms with Gasteiger partial charge in [0.2, 0.25) is 17.8 Å². The van der Waals surface area contributed by atoms with Gasteiger partial charge in [0.05, 0.1) is 0 Å². The predicted octanol–water partition coefficient (Wildman–Crippen LogP) is 0.618. The maximum absolute atomic E-state index is 6.25. The number of anilines is 3. The summed E-state index contributed by atoms with van der Waals surface area (Å²) in [5.41, 5.74) is 25.4. The molecule has 0 bridgehead atoms. The van der Waals surface area contributed by atoms with Crippen molar-refractivity contribution in [2.24, 2.45) is 34.3 Å². The predicted molar refractivity (Wildman–Crippen MR) is 134 cm³/mol. The van der Waals surface area contributed by atoms with E-state index in [2.05, 4.69) is 35.9 Å². The summed E-state index contributed by atoms with van der Waals surface area (Å²) < 4.78 is 0. The molecule has 1 aromatic rings. The number of aromatic nitrogens is 3. The molecule has 10 heteroatoms. The van der Waals surface area contributed by atoms with E-state index in [0.29, 0.717) is 55.5 Å². The van der Waals surface area contributed by atoms with Gasteiger partial charge in [0.15, 0.2) is 0 Å². The maximum atomic E-state index is 6.25. The van der Waals surface area contributed by atoms with E-state index in [9.17, 15) is 0 Å². The lowest BCUT2D eigenvalue weighted by atomic mass is 9.71. The fourth-order valence-corrected chi connectivity index (χ4v) is 5.67. The largest absolute Gasteiger partial charge is 0.351 e. The topological polar surface area (TPSA) is 161 Å². The molecule has 2 aliphatic heterocycles. The minimum absolute atomic E-state index is 0.00915. The summed E-state index contributed by atoms with van der Waals surface area (Å²) in [6, 6.07) is 0.401. The number of hydrogen-bond donors (Lipinski definition) is 5. The fraction of sp³-hybridized carbons (Fsp3) is 0.870. The molecular formula is C23H44N10. The van der Waals surface area contributed by atoms with Crippen LogP contribution in [0.15, 0.2) is 0 Å². The van der Waals surface area contributed by atoms with Crippen LogP contribution in [-0.4, -0.2) is 71.3 Å². The second kappa shape index (κ2) is 9.85. The van der Waals surface area contributed by atoms with Gasteiger partial charge in [-0.25, -0.2) is 0 Å². The third kappa shape index (κ3) is 6.23. The molecule has 3 aliphatic rings. The van der Waals surface area contributed by atoms with Crippen molar-refractivity contribution in [1.29, 1.82) is 0 Å². The summed E-state index contributed by atoms with van der Waals surface area (Å²) in [7, 11) is 0. The maximum Gasteiger partial charge on any atom is 0.232 e. The molecule has 1 saturated carbocycles. The van der Waals surface area contributed by atoms with Crippen LogP contribution in [0.3, 0.4) is 0 Å². The number of rotatable bonds is 4. The Balaban J connectivity index is 1.55. The SMILES string of the molecule is CC(C)(C)C1CCC(Nc2nc(N3CC(N)CC(N)C3)nc(N3CC(N)CC(N)C3)n2)CC1. The number of hydrogen-bond acceptors (Lipinski definition) is 10. The molecular weight excluding hydrogens is 416 g/mol. The molecule has 1 aliphatic carbocycles. The van der Waals surface area contributed by atoms with Crippen molar-refractivity contribution >= 4 is 17.8 Å². The molecule has 3 fully saturated rings. The molecule has 4 rings (SSSR count). The average Bonchev–Trinajstić information content (AvgIpc) is 2.72. The lowest BCUT2D eigenvalue weighted by molar-refractivity contribution is 0.173. The van der Waals surface area contributed by atoms with Crippen LogP contribution in [0.1, 0.15) is 59.3 Å². The van der Waals surface area contributed by atoms with Gasteiger partial charge in [-0.05, 0) is 49.9 Å². The Morgan fingerprint density at radius 3 is 1.52 bits per heavy atom. The van der Waals surface area contributed by atoms with E-state index >= 15 is 0 Å². The van der Waals surface area contributed by atoms with E-state index in [0.717, 1.165) is 31.6 Å². The van der Waals surface area contributed by atoms with Gasteiger partial charge in [0.25, 0.3) is 0 Å². The van der Waals surface area contributed by atoms with E-state index in [4.69, 9.17) is 37.9 Å². The normalized spacial score (nSPS) is 33.8. The van der Waals surface area contributed by atoms with Crippen molar-refractivity contribution in [3.63, 3.8) is 0 Å². The Morgan fingerprint density at radius 2 is 1.12 bits per heavy atom. The van der Waals surface area contributed by atoms with Gasteiger partial charge in [-0.15, -0.1) is 0 Å². The molecule has 9 N–H and O–H groups in total. The Kier molecular flexibility index (Phi) is 7.28. The molecule has 4 atom stereocenters. The van der Waals surface area contributed by atoms with Crippen LogP contribution >= 0.6 is 0 Å². The van der Waals surface area contributed by atoms with Crippen LogP contribution in [0.25, 0.3) is 0 Å². The average molecular weight is 461 g/mol. The standard InChI is InChI=1S/C23H44N10/c1-23(2,3)14-4-6-19(7-5-14)28-20-29-21(32-10-15(24)8-16(25)11-32)31-22(30-20)33-12-17(26)9-18(27)13-33/h14-19H,4-13,24-27H2,1-3H3,(H,28,29,30,31). The first-order valence-electron chi connectivity index (χ1n) is 12.6. The summed E-state index contributed by atoms with van der Waals surface area (Å²) in [6.07, 6.45) is 6.31. The second-order valence-electron chi connectivity index (χ2n) is 11.6. The third-order valence-corrected chi connectivity index (χ3v) is 7.49. The quantitative estimate of drug-likeness (QED) is 0.430. The summed E-state index contributed by atoms with van der Waals surface area (Å²) in [5.74, 6) is 2.63. The van der Waals surface area contributed by atoms with Crippen LogP contribution in [-0.2, 0) is 0 Å². The van der Waals surface area contributed by atoms with E-state index in [1.54, 1.807) is 0 Å². The number of nitrogens with one attached hydrogen (secondary N) is 1. The zero-order valence-electron chi connectivity index (χ0n) is 20.6. The van der Waals surface area contributed by atoms with Crippen LogP contribution < -0.4 is 38.1 Å². The van der Waals surface area contributed by atoms with E-state index < -0.39 is 0 Å². The van der Waals surface area contributed by atoms with Gasteiger partial charge in [0, 0.05) is 56.4 Å². The van der Waals surface area contributed by atoms with Crippen molar-refractivity contribution in [3.8, 4) is 0 Å². The molecule has 3 heterocycles. The number of piperidine rings is 2. The summed E-state index contributed by atoms with van der Waals surface area (Å²) in [5, 5.41) is 3.62. The lowest BCUT2D eigenvalue weighted by Crippen LogP contribution is -2.54. The van der Waals surface area contributed by atoms with Crippen LogP contribution in [0.2, 0.25) is 0 Å². The molecule has 1 aromatic heterocycles. The van der Waals surface area contributed by atoms with Crippen molar-refractivity contribution < 1.29 is 0 Å². The highest BCUT2D eigenvalue weighted by Gasteiger charge is 2.32. The van der Waals surface area contributed by atoms with E-state index in [-0.39, 0.29) is 24.2 Å². The second-order valence-corrected chi connectivity index (χ2v) is 11.6. The Bertz CT molecular complexity index is 724. The smallest absolute Gasteiger partial charge is 0.232 e. The van der Waals surface area contributed by atoms with Gasteiger partial charge in [-0.3, -0.25) is 0 Å². The molecule has 4 unspecified atom stereocenters. The Hall–Kier alpha value is -1.75. The minimum Gasteiger partial charge on any atom is -0.351 e. The van der Waals surface area contributed by atoms with Crippen molar-refractivity contribution in [2.45, 2.75) is 89.5 Å². The lowest BCUT2D eigenvalue weighted by Gasteiger charge is -2.38. The van der Waals surface area contributed by atoms with Crippen LogP contribution in [0.4, 0.5) is 17.8 Å². The minimum atomic E-state index is 0.00915. The van der Waals surface area contributed by atoms with Gasteiger partial charge >= 0.3 is 0 Å². The van der Waals surface area contributed by atoms with Gasteiger partial charge in [-0.2, -0.15) is 15.0 Å². The molecule has 2 saturated heterocycles. The zero-order valence-corrected chi connectivity index (χ0v) is 20.6. The molecule has 186 valence electrons. The van der Waals surface area contributed by atoms with Gasteiger partial charge in [-0.1, -0.05) is 20.8 Å². The Morgan fingerprint density at radius 1 is 0.697 bits per heavy atom. The highest BCUT2D eigenvalue weighted by atomic mass is 15.4. The summed E-state index contributed by atoms with van der Waals surface area (Å²) in [4.78, 5) is 18.6. The summed E-state index contributed by atoms with van der Waals surface area (Å²) >= 11 is 0. The monoisotopic (exact) mass is 460 g/mol. The molecule has 33 heavy (non-hydrogen) atoms. The van der Waals surface area contributed by atoms with Crippen LogP contribution in [0, 0.1) is 11.3 Å². The molecule has 0 aromatic carbocycles. The molecule has 0 spiro atoms. The number of nitrogens with two attached hydrogens (primary N) is 4. The highest BCUT2D eigenvalue weighted by Crippen LogP contribution is 2.38. The molecule has 0 radical (unpaired) electrons. The first kappa shape index (κ1) is 24.4. The van der Waals surface area contributed by atoms with E-state index in [1.807, 2.05) is 0 Å². The Labute approximate surface area is 198 Å². The fourth-order valence-electron chi connectivity index (χ4n) is 5.67. The number of nitrogens with zero attached hydrogens (tertiary/aromatic N) is 5. The van der Waals surface area contributed by atoms with Crippen molar-refractivity contribution in [3.05, 3.63) is 0 Å². The summed E-state index contributed by atoms with van der Waals surface area (Å²) in [6.45, 7) is 9.78. The molecule has 10 nitrogen and oxygen atoms in total.